The van der Waals surface area contributed by atoms with Gasteiger partial charge in [0.15, 0.2) is 0 Å². The normalized spacial score (nSPS) is 15.4. The molecule has 1 aliphatic rings. The van der Waals surface area contributed by atoms with Crippen LogP contribution < -0.4 is 5.32 Å². The first-order valence-electron chi connectivity index (χ1n) is 8.45. The molecule has 0 spiro atoms. The molecule has 3 amide bonds. The molecule has 28 heavy (non-hydrogen) atoms. The number of amides is 3. The maximum atomic E-state index is 12.6. The van der Waals surface area contributed by atoms with Gasteiger partial charge in [-0.05, 0) is 35.9 Å². The van der Waals surface area contributed by atoms with Crippen LogP contribution in [0.2, 0.25) is 10.0 Å². The predicted molar refractivity (Wildman–Crippen MR) is 108 cm³/mol. The largest absolute Gasteiger partial charge is 0.457 e. The van der Waals surface area contributed by atoms with Crippen molar-refractivity contribution >= 4 is 41.2 Å². The summed E-state index contributed by atoms with van der Waals surface area (Å²) in [5.41, 5.74) is 1.71. The molecule has 0 unspecified atom stereocenters. The highest BCUT2D eigenvalue weighted by molar-refractivity contribution is 6.36. The average Bonchev–Trinajstić information content (AvgIpc) is 3.23. The van der Waals surface area contributed by atoms with Crippen molar-refractivity contribution in [3.8, 4) is 11.3 Å². The van der Waals surface area contributed by atoms with Crippen LogP contribution in [-0.2, 0) is 11.3 Å². The van der Waals surface area contributed by atoms with Crippen molar-refractivity contribution < 1.29 is 14.0 Å². The summed E-state index contributed by atoms with van der Waals surface area (Å²) >= 11 is 12.1. The number of urea groups is 1. The zero-order chi connectivity index (χ0) is 19.7. The van der Waals surface area contributed by atoms with Crippen LogP contribution in [0.4, 0.5) is 4.79 Å². The lowest BCUT2D eigenvalue weighted by atomic mass is 10.2. The molecule has 0 radical (unpaired) electrons. The Balaban J connectivity index is 1.56. The first-order chi connectivity index (χ1) is 13.5. The molecule has 0 atom stereocenters. The highest BCUT2D eigenvalue weighted by Gasteiger charge is 2.33. The number of hydrogen-bond donors (Lipinski definition) is 1. The Labute approximate surface area is 171 Å². The van der Waals surface area contributed by atoms with Gasteiger partial charge < -0.3 is 9.73 Å². The molecule has 1 N–H and O–H groups in total. The number of nitrogens with one attached hydrogen (secondary N) is 1. The molecular formula is C21H14Cl2N2O3. The molecule has 7 heteroatoms. The first kappa shape index (κ1) is 18.3. The Bertz CT molecular complexity index is 1090. The molecule has 0 saturated carbocycles. The summed E-state index contributed by atoms with van der Waals surface area (Å²) in [7, 11) is 0. The summed E-state index contributed by atoms with van der Waals surface area (Å²) in [5.74, 6) is 0.550. The van der Waals surface area contributed by atoms with Crippen LogP contribution in [0, 0.1) is 0 Å². The Morgan fingerprint density at radius 2 is 1.79 bits per heavy atom. The maximum absolute atomic E-state index is 12.6. The summed E-state index contributed by atoms with van der Waals surface area (Å²) < 4.78 is 5.76. The van der Waals surface area contributed by atoms with Crippen molar-refractivity contribution in [2.24, 2.45) is 0 Å². The molecule has 1 fully saturated rings. The predicted octanol–water partition coefficient (Wildman–Crippen LogP) is 5.35. The molecule has 5 nitrogen and oxygen atoms in total. The summed E-state index contributed by atoms with van der Waals surface area (Å²) in [6.45, 7) is 0.201. The lowest BCUT2D eigenvalue weighted by Gasteiger charge is -2.11. The van der Waals surface area contributed by atoms with Gasteiger partial charge in [0.1, 0.15) is 17.2 Å². The molecule has 3 aromatic rings. The average molecular weight is 413 g/mol. The van der Waals surface area contributed by atoms with Gasteiger partial charge in [-0.2, -0.15) is 0 Å². The van der Waals surface area contributed by atoms with Crippen molar-refractivity contribution in [3.05, 3.63) is 87.7 Å². The number of halogens is 2. The van der Waals surface area contributed by atoms with Gasteiger partial charge in [0.2, 0.25) is 0 Å². The van der Waals surface area contributed by atoms with E-state index in [1.54, 1.807) is 30.3 Å². The Morgan fingerprint density at radius 1 is 1.00 bits per heavy atom. The number of benzene rings is 2. The Morgan fingerprint density at radius 3 is 2.54 bits per heavy atom. The van der Waals surface area contributed by atoms with Crippen molar-refractivity contribution in [3.63, 3.8) is 0 Å². The number of furan rings is 1. The minimum Gasteiger partial charge on any atom is -0.457 e. The number of hydrogen-bond acceptors (Lipinski definition) is 3. The maximum Gasteiger partial charge on any atom is 0.329 e. The van der Waals surface area contributed by atoms with E-state index in [-0.39, 0.29) is 12.2 Å². The number of rotatable bonds is 4. The van der Waals surface area contributed by atoms with E-state index in [0.29, 0.717) is 27.1 Å². The van der Waals surface area contributed by atoms with Crippen molar-refractivity contribution in [2.45, 2.75) is 6.54 Å². The van der Waals surface area contributed by atoms with E-state index in [2.05, 4.69) is 5.32 Å². The fraction of sp³-hybridized carbons (Fsp3) is 0.0476. The third kappa shape index (κ3) is 3.67. The zero-order valence-electron chi connectivity index (χ0n) is 14.5. The monoisotopic (exact) mass is 412 g/mol. The fourth-order valence-corrected chi connectivity index (χ4v) is 3.39. The van der Waals surface area contributed by atoms with Crippen LogP contribution in [0.1, 0.15) is 11.3 Å². The Kier molecular flexibility index (Phi) is 4.94. The SMILES string of the molecule is O=C1N/C(=C/c2ccc(-c3ccc(Cl)cc3Cl)o2)C(=O)N1Cc1ccccc1. The molecule has 1 saturated heterocycles. The topological polar surface area (TPSA) is 62.6 Å². The molecule has 1 aromatic heterocycles. The van der Waals surface area contributed by atoms with E-state index in [1.165, 1.54) is 6.08 Å². The summed E-state index contributed by atoms with van der Waals surface area (Å²) in [4.78, 5) is 25.9. The minimum atomic E-state index is -0.465. The Hall–Kier alpha value is -3.02. The molecule has 0 bridgehead atoms. The van der Waals surface area contributed by atoms with E-state index in [4.69, 9.17) is 27.6 Å². The second-order valence-electron chi connectivity index (χ2n) is 6.19. The van der Waals surface area contributed by atoms with Gasteiger partial charge in [0, 0.05) is 16.7 Å². The third-order valence-corrected chi connectivity index (χ3v) is 4.80. The van der Waals surface area contributed by atoms with Gasteiger partial charge in [-0.25, -0.2) is 4.79 Å². The summed E-state index contributed by atoms with van der Waals surface area (Å²) in [5, 5.41) is 3.57. The van der Waals surface area contributed by atoms with Crippen molar-refractivity contribution in [1.82, 2.24) is 10.2 Å². The van der Waals surface area contributed by atoms with Crippen LogP contribution in [0.3, 0.4) is 0 Å². The van der Waals surface area contributed by atoms with Crippen LogP contribution >= 0.6 is 23.2 Å². The number of imide groups is 1. The quantitative estimate of drug-likeness (QED) is 0.464. The number of carbonyl (C=O) groups excluding carboxylic acids is 2. The zero-order valence-corrected chi connectivity index (χ0v) is 16.0. The molecule has 140 valence electrons. The summed E-state index contributed by atoms with van der Waals surface area (Å²) in [6, 6.07) is 17.4. The van der Waals surface area contributed by atoms with Gasteiger partial charge in [-0.15, -0.1) is 0 Å². The van der Waals surface area contributed by atoms with Gasteiger partial charge in [-0.3, -0.25) is 9.69 Å². The van der Waals surface area contributed by atoms with Crippen molar-refractivity contribution in [2.75, 3.05) is 0 Å². The lowest BCUT2D eigenvalue weighted by molar-refractivity contribution is -0.123. The van der Waals surface area contributed by atoms with E-state index in [0.717, 1.165) is 10.5 Å². The molecule has 1 aliphatic heterocycles. The van der Waals surface area contributed by atoms with Gasteiger partial charge >= 0.3 is 6.03 Å². The second kappa shape index (κ2) is 7.54. The smallest absolute Gasteiger partial charge is 0.329 e. The molecular weight excluding hydrogens is 399 g/mol. The highest BCUT2D eigenvalue weighted by Crippen LogP contribution is 2.32. The van der Waals surface area contributed by atoms with E-state index in [1.807, 2.05) is 30.3 Å². The van der Waals surface area contributed by atoms with Gasteiger partial charge in [-0.1, -0.05) is 53.5 Å². The van der Waals surface area contributed by atoms with Crippen LogP contribution in [0.5, 0.6) is 0 Å². The van der Waals surface area contributed by atoms with E-state index in [9.17, 15) is 9.59 Å². The lowest BCUT2D eigenvalue weighted by Crippen LogP contribution is -2.30. The van der Waals surface area contributed by atoms with Crippen LogP contribution in [0.15, 0.2) is 70.8 Å². The third-order valence-electron chi connectivity index (χ3n) is 4.26. The van der Waals surface area contributed by atoms with Crippen LogP contribution in [-0.4, -0.2) is 16.8 Å². The van der Waals surface area contributed by atoms with Crippen LogP contribution in [0.25, 0.3) is 17.4 Å². The summed E-state index contributed by atoms with van der Waals surface area (Å²) in [6.07, 6.45) is 1.50. The fourth-order valence-electron chi connectivity index (χ4n) is 2.89. The molecule has 2 heterocycles. The molecule has 0 aliphatic carbocycles. The van der Waals surface area contributed by atoms with Gasteiger partial charge in [0.25, 0.3) is 5.91 Å². The first-order valence-corrected chi connectivity index (χ1v) is 9.20. The highest BCUT2D eigenvalue weighted by atomic mass is 35.5. The minimum absolute atomic E-state index is 0.157. The van der Waals surface area contributed by atoms with E-state index >= 15 is 0 Å². The van der Waals surface area contributed by atoms with Gasteiger partial charge in [0.05, 0.1) is 11.6 Å². The standard InChI is InChI=1S/C21H14Cl2N2O3/c22-14-6-8-16(17(23)10-14)19-9-7-15(28-19)11-18-20(26)25(21(27)24-18)12-13-4-2-1-3-5-13/h1-11H,12H2,(H,24,27)/b18-11+. The van der Waals surface area contributed by atoms with E-state index < -0.39 is 11.9 Å². The molecule has 4 rings (SSSR count). The number of carbonyl (C=O) groups is 2. The van der Waals surface area contributed by atoms with Crippen molar-refractivity contribution in [1.29, 1.82) is 0 Å². The number of nitrogens with zero attached hydrogens (tertiary/aromatic N) is 1. The molecule has 2 aromatic carbocycles. The second-order valence-corrected chi connectivity index (χ2v) is 7.03.